The van der Waals surface area contributed by atoms with E-state index >= 15 is 0 Å². The molecule has 38 heavy (non-hydrogen) atoms. The van der Waals surface area contributed by atoms with Gasteiger partial charge in [-0.1, -0.05) is 19.1 Å². The van der Waals surface area contributed by atoms with Crippen LogP contribution in [0.4, 0.5) is 11.4 Å². The summed E-state index contributed by atoms with van der Waals surface area (Å²) >= 11 is 0. The number of amides is 2. The van der Waals surface area contributed by atoms with E-state index in [1.807, 2.05) is 6.07 Å². The highest BCUT2D eigenvalue weighted by Gasteiger charge is 2.34. The van der Waals surface area contributed by atoms with Gasteiger partial charge in [0, 0.05) is 44.5 Å². The number of rotatable bonds is 5. The first kappa shape index (κ1) is 26.5. The third kappa shape index (κ3) is 5.24. The number of fused-ring (bicyclic) bond motifs is 1. The van der Waals surface area contributed by atoms with Gasteiger partial charge in [-0.05, 0) is 68.5 Å². The molecular formula is C28H36N4O5S. The molecule has 2 aromatic carbocycles. The molecule has 0 spiro atoms. The highest BCUT2D eigenvalue weighted by atomic mass is 32.2. The van der Waals surface area contributed by atoms with Crippen molar-refractivity contribution in [1.29, 1.82) is 0 Å². The smallest absolute Gasteiger partial charge is 0.265 e. The molecule has 0 unspecified atom stereocenters. The maximum atomic E-state index is 13.4. The molecule has 0 saturated carbocycles. The maximum absolute atomic E-state index is 13.4. The van der Waals surface area contributed by atoms with Gasteiger partial charge in [0.1, 0.15) is 12.3 Å². The fourth-order valence-corrected chi connectivity index (χ4v) is 6.99. The van der Waals surface area contributed by atoms with E-state index in [1.54, 1.807) is 11.0 Å². The summed E-state index contributed by atoms with van der Waals surface area (Å²) in [5.74, 6) is 0.374. The van der Waals surface area contributed by atoms with Crippen molar-refractivity contribution in [3.8, 4) is 5.75 Å². The van der Waals surface area contributed by atoms with Gasteiger partial charge in [-0.3, -0.25) is 14.5 Å². The standard InChI is InChI=1S/C28H36N4O5S/c1-20-9-11-30(12-10-20)38(35,36)24-7-8-26-25(16-24)32(28(34)19-37-26)18-27(33)29-13-14-31(22(3)17-29)23-6-4-5-21(2)15-23/h4-8,15-16,20,22H,9-14,17-19H2,1-3H3/t22-/m0/s1. The predicted molar refractivity (Wildman–Crippen MR) is 146 cm³/mol. The average molecular weight is 541 g/mol. The third-order valence-electron chi connectivity index (χ3n) is 7.86. The molecule has 9 nitrogen and oxygen atoms in total. The second kappa shape index (κ2) is 10.6. The SMILES string of the molecule is Cc1cccc(N2CCN(C(=O)CN3C(=O)COc4ccc(S(=O)(=O)N5CCC(C)CC5)cc43)C[C@@H]2C)c1. The van der Waals surface area contributed by atoms with Gasteiger partial charge in [0.15, 0.2) is 6.61 Å². The van der Waals surface area contributed by atoms with Crippen molar-refractivity contribution in [3.05, 3.63) is 48.0 Å². The van der Waals surface area contributed by atoms with E-state index in [0.29, 0.717) is 50.1 Å². The monoisotopic (exact) mass is 540 g/mol. The van der Waals surface area contributed by atoms with E-state index in [-0.39, 0.29) is 35.9 Å². The molecule has 204 valence electrons. The zero-order valence-corrected chi connectivity index (χ0v) is 23.1. The Hall–Kier alpha value is -3.11. The van der Waals surface area contributed by atoms with Crippen molar-refractivity contribution >= 4 is 33.2 Å². The van der Waals surface area contributed by atoms with Crippen LogP contribution in [0, 0.1) is 12.8 Å². The lowest BCUT2D eigenvalue weighted by atomic mass is 10.0. The number of aryl methyl sites for hydroxylation is 1. The minimum absolute atomic E-state index is 0.113. The van der Waals surface area contributed by atoms with Crippen LogP contribution in [0.15, 0.2) is 47.4 Å². The van der Waals surface area contributed by atoms with Gasteiger partial charge >= 0.3 is 0 Å². The van der Waals surface area contributed by atoms with E-state index in [0.717, 1.165) is 18.5 Å². The lowest BCUT2D eigenvalue weighted by molar-refractivity contribution is -0.132. The number of hydrogen-bond acceptors (Lipinski definition) is 6. The highest BCUT2D eigenvalue weighted by Crippen LogP contribution is 2.36. The first-order valence-corrected chi connectivity index (χ1v) is 14.8. The normalized spacial score (nSPS) is 21.3. The maximum Gasteiger partial charge on any atom is 0.265 e. The van der Waals surface area contributed by atoms with Crippen LogP contribution in [0.3, 0.4) is 0 Å². The topological polar surface area (TPSA) is 90.5 Å². The van der Waals surface area contributed by atoms with Crippen LogP contribution in [0.5, 0.6) is 5.75 Å². The van der Waals surface area contributed by atoms with Crippen molar-refractivity contribution in [2.45, 2.75) is 44.6 Å². The number of benzene rings is 2. The minimum Gasteiger partial charge on any atom is -0.482 e. The fourth-order valence-electron chi connectivity index (χ4n) is 5.50. The van der Waals surface area contributed by atoms with Crippen molar-refractivity contribution in [2.24, 2.45) is 5.92 Å². The molecule has 5 rings (SSSR count). The van der Waals surface area contributed by atoms with Gasteiger partial charge in [-0.25, -0.2) is 8.42 Å². The molecule has 0 radical (unpaired) electrons. The molecule has 3 heterocycles. The Bertz CT molecular complexity index is 1320. The summed E-state index contributed by atoms with van der Waals surface area (Å²) in [7, 11) is -3.71. The molecule has 0 bridgehead atoms. The third-order valence-corrected chi connectivity index (χ3v) is 9.76. The summed E-state index contributed by atoms with van der Waals surface area (Å²) in [5.41, 5.74) is 2.65. The van der Waals surface area contributed by atoms with E-state index in [9.17, 15) is 18.0 Å². The quantitative estimate of drug-likeness (QED) is 0.580. The number of nitrogens with zero attached hydrogens (tertiary/aromatic N) is 4. The average Bonchev–Trinajstić information content (AvgIpc) is 2.90. The molecule has 10 heteroatoms. The number of piperazine rings is 1. The largest absolute Gasteiger partial charge is 0.482 e. The number of anilines is 2. The van der Waals surface area contributed by atoms with Crippen molar-refractivity contribution < 1.29 is 22.7 Å². The summed E-state index contributed by atoms with van der Waals surface area (Å²) in [6.07, 6.45) is 1.64. The second-order valence-electron chi connectivity index (χ2n) is 10.7. The number of hydrogen-bond donors (Lipinski definition) is 0. The molecule has 3 aliphatic heterocycles. The first-order valence-electron chi connectivity index (χ1n) is 13.3. The summed E-state index contributed by atoms with van der Waals surface area (Å²) in [4.78, 5) is 31.8. The minimum atomic E-state index is -3.71. The molecular weight excluding hydrogens is 504 g/mol. The highest BCUT2D eigenvalue weighted by molar-refractivity contribution is 7.89. The van der Waals surface area contributed by atoms with Crippen LogP contribution in [0.2, 0.25) is 0 Å². The van der Waals surface area contributed by atoms with E-state index in [2.05, 4.69) is 43.9 Å². The fraction of sp³-hybridized carbons (Fsp3) is 0.500. The number of carbonyl (C=O) groups excluding carboxylic acids is 2. The van der Waals surface area contributed by atoms with Crippen LogP contribution < -0.4 is 14.5 Å². The van der Waals surface area contributed by atoms with Gasteiger partial charge in [-0.15, -0.1) is 0 Å². The predicted octanol–water partition coefficient (Wildman–Crippen LogP) is 2.88. The van der Waals surface area contributed by atoms with E-state index in [1.165, 1.54) is 26.9 Å². The summed E-state index contributed by atoms with van der Waals surface area (Å²) in [5, 5.41) is 0. The Morgan fingerprint density at radius 2 is 1.79 bits per heavy atom. The Labute approximate surface area is 225 Å². The van der Waals surface area contributed by atoms with Crippen LogP contribution >= 0.6 is 0 Å². The number of piperidine rings is 1. The summed E-state index contributed by atoms with van der Waals surface area (Å²) in [6.45, 7) is 8.68. The van der Waals surface area contributed by atoms with Crippen LogP contribution in [-0.4, -0.2) is 81.4 Å². The van der Waals surface area contributed by atoms with Crippen molar-refractivity contribution in [2.75, 3.05) is 55.7 Å². The van der Waals surface area contributed by atoms with Crippen LogP contribution in [0.25, 0.3) is 0 Å². The lowest BCUT2D eigenvalue weighted by Gasteiger charge is -2.42. The van der Waals surface area contributed by atoms with Gasteiger partial charge < -0.3 is 14.5 Å². The molecule has 3 aliphatic rings. The Kier molecular flexibility index (Phi) is 7.37. The molecule has 1 atom stereocenters. The number of sulfonamides is 1. The number of carbonyl (C=O) groups is 2. The number of ether oxygens (including phenoxy) is 1. The van der Waals surface area contributed by atoms with Gasteiger partial charge in [0.25, 0.3) is 5.91 Å². The Balaban J connectivity index is 1.31. The van der Waals surface area contributed by atoms with Crippen molar-refractivity contribution in [3.63, 3.8) is 0 Å². The summed E-state index contributed by atoms with van der Waals surface area (Å²) in [6, 6.07) is 13.0. The van der Waals surface area contributed by atoms with E-state index in [4.69, 9.17) is 4.74 Å². The molecule has 0 aliphatic carbocycles. The zero-order chi connectivity index (χ0) is 27.0. The van der Waals surface area contributed by atoms with Crippen LogP contribution in [-0.2, 0) is 19.6 Å². The van der Waals surface area contributed by atoms with Gasteiger partial charge in [-0.2, -0.15) is 4.31 Å². The molecule has 2 aromatic rings. The summed E-state index contributed by atoms with van der Waals surface area (Å²) < 4.78 is 33.8. The zero-order valence-electron chi connectivity index (χ0n) is 22.3. The second-order valence-corrected chi connectivity index (χ2v) is 12.6. The molecule has 2 fully saturated rings. The molecule has 2 amide bonds. The van der Waals surface area contributed by atoms with Crippen LogP contribution in [0.1, 0.15) is 32.3 Å². The van der Waals surface area contributed by atoms with E-state index < -0.39 is 10.0 Å². The van der Waals surface area contributed by atoms with Crippen molar-refractivity contribution in [1.82, 2.24) is 9.21 Å². The molecule has 2 saturated heterocycles. The first-order chi connectivity index (χ1) is 18.1. The lowest BCUT2D eigenvalue weighted by Crippen LogP contribution is -2.56. The molecule has 0 N–H and O–H groups in total. The molecule has 0 aromatic heterocycles. The van der Waals surface area contributed by atoms with Gasteiger partial charge in [0.05, 0.1) is 10.6 Å². The van der Waals surface area contributed by atoms with Gasteiger partial charge in [0.2, 0.25) is 15.9 Å². The Morgan fingerprint density at radius 3 is 2.50 bits per heavy atom. The Morgan fingerprint density at radius 1 is 1.03 bits per heavy atom.